The molecule has 6 heteroatoms. The first-order chi connectivity index (χ1) is 9.60. The molecule has 0 aliphatic rings. The molecule has 106 valence electrons. The van der Waals surface area contributed by atoms with Gasteiger partial charge in [0.1, 0.15) is 16.4 Å². The number of furan rings is 1. The van der Waals surface area contributed by atoms with Gasteiger partial charge in [0.2, 0.25) is 0 Å². The second-order valence-electron chi connectivity index (χ2n) is 4.38. The molecule has 2 rings (SSSR count). The van der Waals surface area contributed by atoms with Crippen LogP contribution < -0.4 is 10.1 Å². The van der Waals surface area contributed by atoms with E-state index in [9.17, 15) is 10.1 Å². The fourth-order valence-electron chi connectivity index (χ4n) is 1.84. The van der Waals surface area contributed by atoms with Crippen molar-refractivity contribution in [3.63, 3.8) is 0 Å². The molecule has 6 nitrogen and oxygen atoms in total. The van der Waals surface area contributed by atoms with E-state index in [2.05, 4.69) is 5.32 Å². The number of rotatable bonds is 6. The predicted octanol–water partition coefficient (Wildman–Crippen LogP) is 3.05. The van der Waals surface area contributed by atoms with Crippen LogP contribution in [0.4, 0.5) is 5.88 Å². The SMILES string of the molecule is COc1cccc([C@H](C)NCc2ccc([N+](=O)[O-])o2)c1. The maximum atomic E-state index is 10.5. The van der Waals surface area contributed by atoms with Crippen molar-refractivity contribution >= 4 is 5.88 Å². The molecule has 0 aliphatic heterocycles. The van der Waals surface area contributed by atoms with E-state index in [1.165, 1.54) is 6.07 Å². The largest absolute Gasteiger partial charge is 0.497 e. The third kappa shape index (κ3) is 3.36. The van der Waals surface area contributed by atoms with Gasteiger partial charge in [-0.3, -0.25) is 10.1 Å². The van der Waals surface area contributed by atoms with Gasteiger partial charge in [0, 0.05) is 6.04 Å². The number of ether oxygens (including phenoxy) is 1. The van der Waals surface area contributed by atoms with Crippen molar-refractivity contribution in [2.45, 2.75) is 19.5 Å². The van der Waals surface area contributed by atoms with Crippen LogP contribution >= 0.6 is 0 Å². The summed E-state index contributed by atoms with van der Waals surface area (Å²) in [7, 11) is 1.62. The molecule has 0 fully saturated rings. The van der Waals surface area contributed by atoms with Crippen LogP contribution in [0.2, 0.25) is 0 Å². The Morgan fingerprint density at radius 1 is 1.40 bits per heavy atom. The van der Waals surface area contributed by atoms with Crippen molar-refractivity contribution in [3.8, 4) is 5.75 Å². The molecule has 0 saturated carbocycles. The summed E-state index contributed by atoms with van der Waals surface area (Å²) < 4.78 is 10.3. The lowest BCUT2D eigenvalue weighted by Crippen LogP contribution is -2.17. The Bertz CT molecular complexity index is 594. The zero-order valence-corrected chi connectivity index (χ0v) is 11.3. The monoisotopic (exact) mass is 276 g/mol. The average molecular weight is 276 g/mol. The van der Waals surface area contributed by atoms with E-state index in [1.807, 2.05) is 31.2 Å². The van der Waals surface area contributed by atoms with Crippen molar-refractivity contribution in [3.05, 3.63) is 57.8 Å². The molecule has 1 aromatic heterocycles. The lowest BCUT2D eigenvalue weighted by Gasteiger charge is -2.14. The molecule has 0 spiro atoms. The molecule has 1 N–H and O–H groups in total. The van der Waals surface area contributed by atoms with Crippen LogP contribution in [-0.2, 0) is 6.54 Å². The summed E-state index contributed by atoms with van der Waals surface area (Å²) >= 11 is 0. The summed E-state index contributed by atoms with van der Waals surface area (Å²) in [5.74, 6) is 1.09. The van der Waals surface area contributed by atoms with E-state index < -0.39 is 4.92 Å². The standard InChI is InChI=1S/C14H16N2O4/c1-10(11-4-3-5-12(8-11)19-2)15-9-13-6-7-14(20-13)16(17)18/h3-8,10,15H,9H2,1-2H3/t10-/m0/s1. The minimum absolute atomic E-state index is 0.0780. The highest BCUT2D eigenvalue weighted by Gasteiger charge is 2.12. The summed E-state index contributed by atoms with van der Waals surface area (Å²) in [5, 5.41) is 13.8. The minimum Gasteiger partial charge on any atom is -0.497 e. The van der Waals surface area contributed by atoms with Gasteiger partial charge < -0.3 is 14.5 Å². The Hall–Kier alpha value is -2.34. The summed E-state index contributed by atoms with van der Waals surface area (Å²) in [4.78, 5) is 9.98. The van der Waals surface area contributed by atoms with Gasteiger partial charge in [-0.2, -0.15) is 0 Å². The molecule has 20 heavy (non-hydrogen) atoms. The fourth-order valence-corrected chi connectivity index (χ4v) is 1.84. The van der Waals surface area contributed by atoms with Gasteiger partial charge in [0.15, 0.2) is 0 Å². The number of nitro groups is 1. The van der Waals surface area contributed by atoms with Gasteiger partial charge in [0.05, 0.1) is 19.7 Å². The summed E-state index contributed by atoms with van der Waals surface area (Å²) in [6.45, 7) is 2.43. The molecule has 0 aliphatic carbocycles. The topological polar surface area (TPSA) is 77.5 Å². The molecule has 2 aromatic rings. The smallest absolute Gasteiger partial charge is 0.433 e. The first-order valence-electron chi connectivity index (χ1n) is 6.20. The second-order valence-corrected chi connectivity index (χ2v) is 4.38. The van der Waals surface area contributed by atoms with E-state index in [-0.39, 0.29) is 11.9 Å². The number of hydrogen-bond donors (Lipinski definition) is 1. The second kappa shape index (κ2) is 6.21. The van der Waals surface area contributed by atoms with Crippen LogP contribution in [0.5, 0.6) is 5.75 Å². The fraction of sp³-hybridized carbons (Fsp3) is 0.286. The maximum absolute atomic E-state index is 10.5. The van der Waals surface area contributed by atoms with Crippen LogP contribution in [0.25, 0.3) is 0 Å². The molecular weight excluding hydrogens is 260 g/mol. The van der Waals surface area contributed by atoms with E-state index in [0.717, 1.165) is 11.3 Å². The number of hydrogen-bond acceptors (Lipinski definition) is 5. The average Bonchev–Trinajstić information content (AvgIpc) is 2.94. The predicted molar refractivity (Wildman–Crippen MR) is 73.6 cm³/mol. The molecule has 0 amide bonds. The molecule has 1 atom stereocenters. The van der Waals surface area contributed by atoms with Gasteiger partial charge in [-0.15, -0.1) is 0 Å². The first-order valence-corrected chi connectivity index (χ1v) is 6.20. The lowest BCUT2D eigenvalue weighted by atomic mass is 10.1. The van der Waals surface area contributed by atoms with Crippen molar-refractivity contribution in [1.29, 1.82) is 0 Å². The lowest BCUT2D eigenvalue weighted by molar-refractivity contribution is -0.402. The van der Waals surface area contributed by atoms with Crippen LogP contribution in [-0.4, -0.2) is 12.0 Å². The molecule has 0 bridgehead atoms. The minimum atomic E-state index is -0.547. The van der Waals surface area contributed by atoms with Crippen molar-refractivity contribution in [1.82, 2.24) is 5.32 Å². The molecule has 1 heterocycles. The number of methoxy groups -OCH3 is 1. The Morgan fingerprint density at radius 2 is 2.20 bits per heavy atom. The van der Waals surface area contributed by atoms with E-state index in [4.69, 9.17) is 9.15 Å². The normalized spacial score (nSPS) is 12.1. The molecule has 0 radical (unpaired) electrons. The van der Waals surface area contributed by atoms with Gasteiger partial charge in [0.25, 0.3) is 0 Å². The molecule has 0 unspecified atom stereocenters. The van der Waals surface area contributed by atoms with E-state index >= 15 is 0 Å². The summed E-state index contributed by atoms with van der Waals surface area (Å²) in [5.41, 5.74) is 1.07. The number of nitrogens with zero attached hydrogens (tertiary/aromatic N) is 1. The first kappa shape index (κ1) is 14.1. The van der Waals surface area contributed by atoms with Crippen LogP contribution in [0, 0.1) is 10.1 Å². The van der Waals surface area contributed by atoms with E-state index in [1.54, 1.807) is 13.2 Å². The zero-order valence-electron chi connectivity index (χ0n) is 11.3. The highest BCUT2D eigenvalue weighted by Crippen LogP contribution is 2.20. The highest BCUT2D eigenvalue weighted by molar-refractivity contribution is 5.30. The van der Waals surface area contributed by atoms with Gasteiger partial charge in [-0.1, -0.05) is 12.1 Å². The van der Waals surface area contributed by atoms with E-state index in [0.29, 0.717) is 12.3 Å². The maximum Gasteiger partial charge on any atom is 0.433 e. The Balaban J connectivity index is 1.96. The Labute approximate surface area is 116 Å². The Kier molecular flexibility index (Phi) is 4.37. The molecular formula is C14H16N2O4. The quantitative estimate of drug-likeness (QED) is 0.648. The van der Waals surface area contributed by atoms with Crippen molar-refractivity contribution in [2.24, 2.45) is 0 Å². The summed E-state index contributed by atoms with van der Waals surface area (Å²) in [6.07, 6.45) is 0. The van der Waals surface area contributed by atoms with Crippen molar-refractivity contribution in [2.75, 3.05) is 7.11 Å². The third-order valence-electron chi connectivity index (χ3n) is 3.00. The third-order valence-corrected chi connectivity index (χ3v) is 3.00. The number of benzene rings is 1. The number of nitrogens with one attached hydrogen (secondary N) is 1. The van der Waals surface area contributed by atoms with Gasteiger partial charge >= 0.3 is 5.88 Å². The van der Waals surface area contributed by atoms with Crippen LogP contribution in [0.1, 0.15) is 24.3 Å². The highest BCUT2D eigenvalue weighted by atomic mass is 16.6. The van der Waals surface area contributed by atoms with Crippen LogP contribution in [0.3, 0.4) is 0 Å². The zero-order chi connectivity index (χ0) is 14.5. The summed E-state index contributed by atoms with van der Waals surface area (Å²) in [6, 6.07) is 10.8. The van der Waals surface area contributed by atoms with Crippen LogP contribution in [0.15, 0.2) is 40.8 Å². The van der Waals surface area contributed by atoms with Gasteiger partial charge in [-0.05, 0) is 30.7 Å². The molecule has 0 saturated heterocycles. The van der Waals surface area contributed by atoms with Crippen molar-refractivity contribution < 1.29 is 14.1 Å². The van der Waals surface area contributed by atoms with Gasteiger partial charge in [-0.25, -0.2) is 0 Å². The Morgan fingerprint density at radius 3 is 2.85 bits per heavy atom. The molecule has 1 aromatic carbocycles.